The first-order chi connectivity index (χ1) is 7.22. The standard InChI is InChI=1S/C12H25NO2/c1-4-10(2)7-11(3)13-8-12-5-6-14-9-15-12/h10-13H,4-9H2,1-3H3. The lowest BCUT2D eigenvalue weighted by atomic mass is 10.0. The van der Waals surface area contributed by atoms with E-state index in [0.717, 1.165) is 25.5 Å². The zero-order chi connectivity index (χ0) is 11.1. The molecule has 1 aliphatic rings. The number of rotatable bonds is 6. The van der Waals surface area contributed by atoms with E-state index in [4.69, 9.17) is 9.47 Å². The van der Waals surface area contributed by atoms with Crippen molar-refractivity contribution in [1.29, 1.82) is 0 Å². The minimum Gasteiger partial charge on any atom is -0.355 e. The molecule has 0 aliphatic carbocycles. The fraction of sp³-hybridized carbons (Fsp3) is 1.00. The highest BCUT2D eigenvalue weighted by molar-refractivity contribution is 4.69. The van der Waals surface area contributed by atoms with Crippen LogP contribution in [0, 0.1) is 5.92 Å². The molecule has 0 saturated carbocycles. The van der Waals surface area contributed by atoms with Crippen molar-refractivity contribution < 1.29 is 9.47 Å². The second-order valence-corrected chi connectivity index (χ2v) is 4.66. The van der Waals surface area contributed by atoms with Gasteiger partial charge in [0, 0.05) is 12.6 Å². The normalized spacial score (nSPS) is 26.2. The molecule has 1 N–H and O–H groups in total. The van der Waals surface area contributed by atoms with Gasteiger partial charge in [0.05, 0.1) is 12.7 Å². The summed E-state index contributed by atoms with van der Waals surface area (Å²) in [6.45, 7) is 9.08. The van der Waals surface area contributed by atoms with E-state index in [1.807, 2.05) is 0 Å². The third-order valence-corrected chi connectivity index (χ3v) is 3.12. The highest BCUT2D eigenvalue weighted by Crippen LogP contribution is 2.10. The Hall–Kier alpha value is -0.120. The molecule has 0 aromatic carbocycles. The van der Waals surface area contributed by atoms with Crippen molar-refractivity contribution in [3.05, 3.63) is 0 Å². The summed E-state index contributed by atoms with van der Waals surface area (Å²) in [4.78, 5) is 0. The Bertz CT molecular complexity index is 158. The van der Waals surface area contributed by atoms with Crippen LogP contribution in [0.4, 0.5) is 0 Å². The van der Waals surface area contributed by atoms with Gasteiger partial charge in [-0.2, -0.15) is 0 Å². The average molecular weight is 215 g/mol. The number of hydrogen-bond acceptors (Lipinski definition) is 3. The molecule has 3 unspecified atom stereocenters. The Kier molecular flexibility index (Phi) is 6.22. The summed E-state index contributed by atoms with van der Waals surface area (Å²) in [6.07, 6.45) is 3.88. The Morgan fingerprint density at radius 3 is 2.80 bits per heavy atom. The van der Waals surface area contributed by atoms with Crippen molar-refractivity contribution in [1.82, 2.24) is 5.32 Å². The largest absolute Gasteiger partial charge is 0.355 e. The molecular weight excluding hydrogens is 190 g/mol. The molecule has 0 spiro atoms. The van der Waals surface area contributed by atoms with Gasteiger partial charge in [0.25, 0.3) is 0 Å². The molecular formula is C12H25NO2. The maximum atomic E-state index is 5.47. The predicted octanol–water partition coefficient (Wildman–Crippen LogP) is 2.16. The van der Waals surface area contributed by atoms with Gasteiger partial charge in [-0.05, 0) is 25.7 Å². The van der Waals surface area contributed by atoms with E-state index in [0.29, 0.717) is 18.9 Å². The summed E-state index contributed by atoms with van der Waals surface area (Å²) in [7, 11) is 0. The first-order valence-electron chi connectivity index (χ1n) is 6.15. The van der Waals surface area contributed by atoms with E-state index in [1.165, 1.54) is 12.8 Å². The smallest absolute Gasteiger partial charge is 0.147 e. The molecule has 3 heteroatoms. The van der Waals surface area contributed by atoms with Gasteiger partial charge >= 0.3 is 0 Å². The van der Waals surface area contributed by atoms with Gasteiger partial charge in [-0.3, -0.25) is 0 Å². The molecule has 0 radical (unpaired) electrons. The molecule has 0 aromatic rings. The summed E-state index contributed by atoms with van der Waals surface area (Å²) < 4.78 is 10.6. The fourth-order valence-electron chi connectivity index (χ4n) is 1.85. The summed E-state index contributed by atoms with van der Waals surface area (Å²) in [6, 6.07) is 0.589. The van der Waals surface area contributed by atoms with Crippen LogP contribution in [-0.2, 0) is 9.47 Å². The van der Waals surface area contributed by atoms with Gasteiger partial charge in [0.15, 0.2) is 0 Å². The lowest BCUT2D eigenvalue weighted by Gasteiger charge is -2.25. The SMILES string of the molecule is CCC(C)CC(C)NCC1CCOCO1. The Morgan fingerprint density at radius 2 is 2.20 bits per heavy atom. The van der Waals surface area contributed by atoms with Gasteiger partial charge in [-0.1, -0.05) is 20.3 Å². The second-order valence-electron chi connectivity index (χ2n) is 4.66. The molecule has 0 bridgehead atoms. The van der Waals surface area contributed by atoms with Crippen LogP contribution in [0.25, 0.3) is 0 Å². The molecule has 1 aliphatic heterocycles. The van der Waals surface area contributed by atoms with Gasteiger partial charge in [-0.25, -0.2) is 0 Å². The molecule has 1 saturated heterocycles. The molecule has 1 fully saturated rings. The summed E-state index contributed by atoms with van der Waals surface area (Å²) in [5, 5.41) is 3.54. The quantitative estimate of drug-likeness (QED) is 0.736. The Labute approximate surface area is 93.5 Å². The molecule has 1 rings (SSSR count). The Morgan fingerprint density at radius 1 is 1.40 bits per heavy atom. The van der Waals surface area contributed by atoms with Gasteiger partial charge in [-0.15, -0.1) is 0 Å². The van der Waals surface area contributed by atoms with Crippen molar-refractivity contribution in [3.8, 4) is 0 Å². The lowest BCUT2D eigenvalue weighted by molar-refractivity contribution is -0.137. The highest BCUT2D eigenvalue weighted by atomic mass is 16.7. The zero-order valence-electron chi connectivity index (χ0n) is 10.3. The number of ether oxygens (including phenoxy) is 2. The van der Waals surface area contributed by atoms with Crippen LogP contribution in [-0.4, -0.2) is 32.1 Å². The number of hydrogen-bond donors (Lipinski definition) is 1. The van der Waals surface area contributed by atoms with Crippen molar-refractivity contribution in [3.63, 3.8) is 0 Å². The van der Waals surface area contributed by atoms with Crippen molar-refractivity contribution in [2.24, 2.45) is 5.92 Å². The van der Waals surface area contributed by atoms with Crippen LogP contribution in [0.1, 0.15) is 40.0 Å². The average Bonchev–Trinajstić information content (AvgIpc) is 2.27. The monoisotopic (exact) mass is 215 g/mol. The van der Waals surface area contributed by atoms with Crippen molar-refractivity contribution >= 4 is 0 Å². The van der Waals surface area contributed by atoms with E-state index >= 15 is 0 Å². The van der Waals surface area contributed by atoms with E-state index in [-0.39, 0.29) is 0 Å². The van der Waals surface area contributed by atoms with Gasteiger partial charge in [0.2, 0.25) is 0 Å². The molecule has 3 atom stereocenters. The molecule has 0 aromatic heterocycles. The first-order valence-corrected chi connectivity index (χ1v) is 6.15. The van der Waals surface area contributed by atoms with Crippen LogP contribution in [0.15, 0.2) is 0 Å². The summed E-state index contributed by atoms with van der Waals surface area (Å²) >= 11 is 0. The van der Waals surface area contributed by atoms with E-state index in [2.05, 4.69) is 26.1 Å². The molecule has 0 amide bonds. The topological polar surface area (TPSA) is 30.5 Å². The van der Waals surface area contributed by atoms with Gasteiger partial charge < -0.3 is 14.8 Å². The Balaban J connectivity index is 2.07. The van der Waals surface area contributed by atoms with E-state index < -0.39 is 0 Å². The zero-order valence-corrected chi connectivity index (χ0v) is 10.3. The van der Waals surface area contributed by atoms with Crippen LogP contribution in [0.2, 0.25) is 0 Å². The summed E-state index contributed by atoms with van der Waals surface area (Å²) in [5.41, 5.74) is 0. The summed E-state index contributed by atoms with van der Waals surface area (Å²) in [5.74, 6) is 0.808. The lowest BCUT2D eigenvalue weighted by Crippen LogP contribution is -2.38. The third-order valence-electron chi connectivity index (χ3n) is 3.12. The van der Waals surface area contributed by atoms with Crippen LogP contribution >= 0.6 is 0 Å². The predicted molar refractivity (Wildman–Crippen MR) is 61.8 cm³/mol. The fourth-order valence-corrected chi connectivity index (χ4v) is 1.85. The minimum absolute atomic E-state index is 0.345. The second kappa shape index (κ2) is 7.20. The van der Waals surface area contributed by atoms with E-state index in [9.17, 15) is 0 Å². The maximum Gasteiger partial charge on any atom is 0.147 e. The van der Waals surface area contributed by atoms with Gasteiger partial charge in [0.1, 0.15) is 6.79 Å². The molecule has 90 valence electrons. The van der Waals surface area contributed by atoms with Crippen molar-refractivity contribution in [2.75, 3.05) is 19.9 Å². The molecule has 15 heavy (non-hydrogen) atoms. The van der Waals surface area contributed by atoms with Crippen LogP contribution in [0.3, 0.4) is 0 Å². The molecule has 3 nitrogen and oxygen atoms in total. The molecule has 1 heterocycles. The number of nitrogens with one attached hydrogen (secondary N) is 1. The van der Waals surface area contributed by atoms with Crippen LogP contribution in [0.5, 0.6) is 0 Å². The maximum absolute atomic E-state index is 5.47. The van der Waals surface area contributed by atoms with Crippen LogP contribution < -0.4 is 5.32 Å². The minimum atomic E-state index is 0.345. The highest BCUT2D eigenvalue weighted by Gasteiger charge is 2.15. The third kappa shape index (κ3) is 5.50. The van der Waals surface area contributed by atoms with Crippen molar-refractivity contribution in [2.45, 2.75) is 52.2 Å². The first kappa shape index (κ1) is 12.9. The van der Waals surface area contributed by atoms with E-state index in [1.54, 1.807) is 0 Å².